The van der Waals surface area contributed by atoms with E-state index in [1.807, 2.05) is 60.7 Å². The van der Waals surface area contributed by atoms with Crippen LogP contribution in [-0.4, -0.2) is 17.6 Å². The van der Waals surface area contributed by atoms with Crippen LogP contribution >= 0.6 is 0 Å². The molecule has 0 saturated heterocycles. The van der Waals surface area contributed by atoms with Crippen molar-refractivity contribution in [3.63, 3.8) is 0 Å². The molecule has 0 atom stereocenters. The van der Waals surface area contributed by atoms with Crippen molar-refractivity contribution in [2.24, 2.45) is 0 Å². The van der Waals surface area contributed by atoms with Gasteiger partial charge in [-0.3, -0.25) is 4.79 Å². The number of carbonyl (C=O) groups excluding carboxylic acids is 1. The number of aromatic hydroxyl groups is 1. The summed E-state index contributed by atoms with van der Waals surface area (Å²) in [5.41, 5.74) is 2.32. The molecule has 1 aromatic heterocycles. The van der Waals surface area contributed by atoms with Crippen LogP contribution in [0.2, 0.25) is 0 Å². The van der Waals surface area contributed by atoms with E-state index in [-0.39, 0.29) is 24.0 Å². The summed E-state index contributed by atoms with van der Waals surface area (Å²) in [6.07, 6.45) is 0.607. The molecule has 0 aliphatic heterocycles. The molecule has 0 spiro atoms. The van der Waals surface area contributed by atoms with E-state index in [4.69, 9.17) is 9.15 Å². The number of para-hydroxylation sites is 2. The zero-order valence-electron chi connectivity index (χ0n) is 15.8. The lowest BCUT2D eigenvalue weighted by molar-refractivity contribution is 0.0925. The second kappa shape index (κ2) is 8.52. The maximum atomic E-state index is 12.8. The topological polar surface area (TPSA) is 71.7 Å². The molecular weight excluding hydrogens is 366 g/mol. The van der Waals surface area contributed by atoms with Gasteiger partial charge in [0, 0.05) is 17.5 Å². The minimum atomic E-state index is -0.284. The first-order valence-corrected chi connectivity index (χ1v) is 9.45. The van der Waals surface area contributed by atoms with E-state index in [0.29, 0.717) is 18.5 Å². The Hall–Kier alpha value is -3.73. The van der Waals surface area contributed by atoms with Crippen LogP contribution in [0.15, 0.2) is 83.3 Å². The fraction of sp³-hybridized carbons (Fsp3) is 0.125. The smallest absolute Gasteiger partial charge is 0.287 e. The molecule has 29 heavy (non-hydrogen) atoms. The molecule has 4 rings (SSSR count). The molecule has 4 aromatic rings. The number of carbonyl (C=O) groups is 1. The first-order valence-electron chi connectivity index (χ1n) is 9.45. The van der Waals surface area contributed by atoms with Gasteiger partial charge in [-0.25, -0.2) is 0 Å². The van der Waals surface area contributed by atoms with Gasteiger partial charge < -0.3 is 19.6 Å². The molecule has 2 N–H and O–H groups in total. The van der Waals surface area contributed by atoms with Crippen LogP contribution in [0.5, 0.6) is 11.5 Å². The highest BCUT2D eigenvalue weighted by molar-refractivity contribution is 5.99. The number of nitrogens with one attached hydrogen (secondary N) is 1. The molecule has 0 radical (unpaired) electrons. The Morgan fingerprint density at radius 1 is 0.966 bits per heavy atom. The quantitative estimate of drug-likeness (QED) is 0.483. The zero-order chi connectivity index (χ0) is 20.1. The number of hydrogen-bond acceptors (Lipinski definition) is 4. The summed E-state index contributed by atoms with van der Waals surface area (Å²) in [5.74, 6) is 0.922. The standard InChI is InChI=1S/C24H21NO4/c26-18-8-6-7-17(15-18)13-14-25-24(27)23-21(16-28-19-9-2-1-3-10-19)20-11-4-5-12-22(20)29-23/h1-12,15,26H,13-14,16H2,(H,25,27). The zero-order valence-corrected chi connectivity index (χ0v) is 15.8. The minimum Gasteiger partial charge on any atom is -0.508 e. The molecule has 1 heterocycles. The van der Waals surface area contributed by atoms with Gasteiger partial charge in [-0.1, -0.05) is 48.5 Å². The van der Waals surface area contributed by atoms with E-state index < -0.39 is 0 Å². The van der Waals surface area contributed by atoms with E-state index in [2.05, 4.69) is 5.32 Å². The third-order valence-corrected chi connectivity index (χ3v) is 4.64. The van der Waals surface area contributed by atoms with E-state index in [9.17, 15) is 9.90 Å². The van der Waals surface area contributed by atoms with Gasteiger partial charge in [0.2, 0.25) is 0 Å². The highest BCUT2D eigenvalue weighted by Crippen LogP contribution is 2.27. The largest absolute Gasteiger partial charge is 0.508 e. The Kier molecular flexibility index (Phi) is 5.47. The summed E-state index contributed by atoms with van der Waals surface area (Å²) in [6, 6.07) is 24.0. The predicted molar refractivity (Wildman–Crippen MR) is 111 cm³/mol. The van der Waals surface area contributed by atoms with Gasteiger partial charge in [0.15, 0.2) is 5.76 Å². The third kappa shape index (κ3) is 4.41. The molecule has 0 unspecified atom stereocenters. The Labute approximate surface area is 168 Å². The van der Waals surface area contributed by atoms with Crippen molar-refractivity contribution in [3.8, 4) is 11.5 Å². The van der Waals surface area contributed by atoms with Crippen LogP contribution in [0.4, 0.5) is 0 Å². The molecule has 5 heteroatoms. The second-order valence-electron chi connectivity index (χ2n) is 6.68. The van der Waals surface area contributed by atoms with Crippen molar-refractivity contribution in [1.82, 2.24) is 5.32 Å². The fourth-order valence-electron chi connectivity index (χ4n) is 3.21. The number of benzene rings is 3. The summed E-state index contributed by atoms with van der Waals surface area (Å²) < 4.78 is 11.7. The van der Waals surface area contributed by atoms with Crippen LogP contribution in [0.3, 0.4) is 0 Å². The number of rotatable bonds is 7. The van der Waals surface area contributed by atoms with E-state index in [0.717, 1.165) is 22.3 Å². The van der Waals surface area contributed by atoms with Gasteiger partial charge in [0.25, 0.3) is 5.91 Å². The lowest BCUT2D eigenvalue weighted by Crippen LogP contribution is -2.26. The van der Waals surface area contributed by atoms with Crippen molar-refractivity contribution in [1.29, 1.82) is 0 Å². The summed E-state index contributed by atoms with van der Waals surface area (Å²) in [5, 5.41) is 13.3. The lowest BCUT2D eigenvalue weighted by atomic mass is 10.1. The van der Waals surface area contributed by atoms with E-state index >= 15 is 0 Å². The second-order valence-corrected chi connectivity index (χ2v) is 6.68. The maximum Gasteiger partial charge on any atom is 0.287 e. The number of hydrogen-bond donors (Lipinski definition) is 2. The predicted octanol–water partition coefficient (Wildman–Crippen LogP) is 4.69. The van der Waals surface area contributed by atoms with Gasteiger partial charge in [-0.05, 0) is 42.3 Å². The monoisotopic (exact) mass is 387 g/mol. The lowest BCUT2D eigenvalue weighted by Gasteiger charge is -2.08. The average Bonchev–Trinajstić information content (AvgIpc) is 3.12. The molecule has 5 nitrogen and oxygen atoms in total. The molecule has 1 amide bonds. The van der Waals surface area contributed by atoms with Crippen molar-refractivity contribution in [2.75, 3.05) is 6.54 Å². The normalized spacial score (nSPS) is 10.8. The average molecular weight is 387 g/mol. The van der Waals surface area contributed by atoms with Gasteiger partial charge in [-0.2, -0.15) is 0 Å². The van der Waals surface area contributed by atoms with Crippen molar-refractivity contribution in [3.05, 3.63) is 95.7 Å². The Morgan fingerprint density at radius 3 is 2.59 bits per heavy atom. The number of furan rings is 1. The molecule has 0 aliphatic rings. The third-order valence-electron chi connectivity index (χ3n) is 4.64. The molecule has 0 saturated carbocycles. The van der Waals surface area contributed by atoms with Crippen LogP contribution in [0, 0.1) is 0 Å². The van der Waals surface area contributed by atoms with E-state index in [1.165, 1.54) is 0 Å². The fourth-order valence-corrected chi connectivity index (χ4v) is 3.21. The van der Waals surface area contributed by atoms with Crippen molar-refractivity contribution >= 4 is 16.9 Å². The maximum absolute atomic E-state index is 12.8. The van der Waals surface area contributed by atoms with Crippen LogP contribution < -0.4 is 10.1 Å². The van der Waals surface area contributed by atoms with Gasteiger partial charge >= 0.3 is 0 Å². The number of amides is 1. The Bertz CT molecular complexity index is 1120. The number of phenols is 1. The summed E-state index contributed by atoms with van der Waals surface area (Å²) in [7, 11) is 0. The Morgan fingerprint density at radius 2 is 1.76 bits per heavy atom. The molecule has 146 valence electrons. The molecule has 0 aliphatic carbocycles. The summed E-state index contributed by atoms with van der Waals surface area (Å²) in [6.45, 7) is 0.661. The van der Waals surface area contributed by atoms with Crippen molar-refractivity contribution < 1.29 is 19.1 Å². The van der Waals surface area contributed by atoms with Crippen molar-refractivity contribution in [2.45, 2.75) is 13.0 Å². The van der Waals surface area contributed by atoms with Gasteiger partial charge in [-0.15, -0.1) is 0 Å². The first-order chi connectivity index (χ1) is 14.2. The first kappa shape index (κ1) is 18.6. The Balaban J connectivity index is 1.50. The SMILES string of the molecule is O=C(NCCc1cccc(O)c1)c1oc2ccccc2c1COc1ccccc1. The highest BCUT2D eigenvalue weighted by Gasteiger charge is 2.20. The highest BCUT2D eigenvalue weighted by atomic mass is 16.5. The van der Waals surface area contributed by atoms with Crippen LogP contribution in [-0.2, 0) is 13.0 Å². The summed E-state index contributed by atoms with van der Waals surface area (Å²) in [4.78, 5) is 12.8. The number of fused-ring (bicyclic) bond motifs is 1. The van der Waals surface area contributed by atoms with Gasteiger partial charge in [0.1, 0.15) is 23.7 Å². The van der Waals surface area contributed by atoms with Crippen LogP contribution in [0.25, 0.3) is 11.0 Å². The van der Waals surface area contributed by atoms with Crippen LogP contribution in [0.1, 0.15) is 21.7 Å². The van der Waals surface area contributed by atoms with Gasteiger partial charge in [0.05, 0.1) is 0 Å². The molecule has 0 fully saturated rings. The number of phenolic OH excluding ortho intramolecular Hbond substituents is 1. The van der Waals surface area contributed by atoms with E-state index in [1.54, 1.807) is 18.2 Å². The molecule has 0 bridgehead atoms. The molecular formula is C24H21NO4. The number of ether oxygens (including phenoxy) is 1. The summed E-state index contributed by atoms with van der Waals surface area (Å²) >= 11 is 0. The minimum absolute atomic E-state index is 0.214. The molecule has 3 aromatic carbocycles.